The number of carboxylic acid groups (broad SMARTS) is 1. The second-order valence-electron chi connectivity index (χ2n) is 7.01. The van der Waals surface area contributed by atoms with Crippen molar-refractivity contribution in [1.82, 2.24) is 4.98 Å². The molecule has 0 spiro atoms. The number of hydrogen-bond donors (Lipinski definition) is 1. The minimum atomic E-state index is -1.07. The summed E-state index contributed by atoms with van der Waals surface area (Å²) in [5, 5.41) is 10.1. The lowest BCUT2D eigenvalue weighted by atomic mass is 10.1. The highest BCUT2D eigenvalue weighted by atomic mass is 35.5. The van der Waals surface area contributed by atoms with E-state index in [1.165, 1.54) is 6.07 Å². The molecule has 3 aromatic carbocycles. The minimum absolute atomic E-state index is 0.0111. The molecule has 0 aliphatic heterocycles. The molecule has 5 nitrogen and oxygen atoms in total. The summed E-state index contributed by atoms with van der Waals surface area (Å²) in [6, 6.07) is 27.5. The molecule has 0 saturated carbocycles. The number of para-hydroxylation sites is 1. The highest BCUT2D eigenvalue weighted by molar-refractivity contribution is 6.30. The quantitative estimate of drug-likeness (QED) is 0.346. The zero-order chi connectivity index (χ0) is 22.3. The molecule has 32 heavy (non-hydrogen) atoms. The number of nitrogens with zero attached hydrogens (tertiary/aromatic N) is 1. The van der Waals surface area contributed by atoms with E-state index in [0.717, 1.165) is 11.1 Å². The second-order valence-corrected chi connectivity index (χ2v) is 7.45. The van der Waals surface area contributed by atoms with Gasteiger partial charge in [-0.3, -0.25) is 0 Å². The zero-order valence-corrected chi connectivity index (χ0v) is 17.8. The fourth-order valence-electron chi connectivity index (χ4n) is 3.20. The average Bonchev–Trinajstić information content (AvgIpc) is 2.82. The summed E-state index contributed by atoms with van der Waals surface area (Å²) in [7, 11) is 0. The third kappa shape index (κ3) is 5.25. The van der Waals surface area contributed by atoms with Crippen LogP contribution in [-0.2, 0) is 13.2 Å². The van der Waals surface area contributed by atoms with E-state index in [-0.39, 0.29) is 12.2 Å². The van der Waals surface area contributed by atoms with Gasteiger partial charge in [-0.05, 0) is 48.0 Å². The third-order valence-corrected chi connectivity index (χ3v) is 5.01. The lowest BCUT2D eigenvalue weighted by molar-refractivity contribution is 0.0693. The van der Waals surface area contributed by atoms with Gasteiger partial charge in [-0.15, -0.1) is 0 Å². The van der Waals surface area contributed by atoms with Crippen molar-refractivity contribution in [2.24, 2.45) is 0 Å². The van der Waals surface area contributed by atoms with Crippen molar-refractivity contribution in [1.29, 1.82) is 0 Å². The van der Waals surface area contributed by atoms with Crippen LogP contribution in [0.1, 0.15) is 21.6 Å². The van der Waals surface area contributed by atoms with E-state index in [2.05, 4.69) is 4.98 Å². The Morgan fingerprint density at radius 2 is 1.62 bits per heavy atom. The number of carboxylic acids is 1. The summed E-state index contributed by atoms with van der Waals surface area (Å²) in [4.78, 5) is 16.3. The summed E-state index contributed by atoms with van der Waals surface area (Å²) < 4.78 is 11.8. The summed E-state index contributed by atoms with van der Waals surface area (Å²) in [6.07, 6.45) is 0. The van der Waals surface area contributed by atoms with Crippen molar-refractivity contribution in [2.75, 3.05) is 0 Å². The molecule has 0 atom stereocenters. The van der Waals surface area contributed by atoms with Crippen LogP contribution in [0.4, 0.5) is 0 Å². The Morgan fingerprint density at radius 1 is 0.844 bits per heavy atom. The lowest BCUT2D eigenvalue weighted by Crippen LogP contribution is -2.09. The van der Waals surface area contributed by atoms with Crippen molar-refractivity contribution in [3.63, 3.8) is 0 Å². The van der Waals surface area contributed by atoms with Gasteiger partial charge in [0, 0.05) is 10.6 Å². The Balaban J connectivity index is 1.61. The molecule has 160 valence electrons. The highest BCUT2D eigenvalue weighted by Crippen LogP contribution is 2.30. The number of benzene rings is 3. The van der Waals surface area contributed by atoms with Crippen LogP contribution >= 0.6 is 11.6 Å². The number of aromatic carboxylic acids is 1. The molecule has 0 aliphatic carbocycles. The highest BCUT2D eigenvalue weighted by Gasteiger charge is 2.16. The second kappa shape index (κ2) is 9.98. The van der Waals surface area contributed by atoms with Crippen LogP contribution in [0.15, 0.2) is 91.0 Å². The maximum atomic E-state index is 11.7. The van der Waals surface area contributed by atoms with Gasteiger partial charge in [0.05, 0.1) is 17.0 Å². The van der Waals surface area contributed by atoms with Crippen LogP contribution in [0.3, 0.4) is 0 Å². The van der Waals surface area contributed by atoms with E-state index < -0.39 is 5.97 Å². The SMILES string of the molecule is O=C(O)c1ccc(-c2ccccc2OCc2ccccc2)nc1COc1cccc(Cl)c1. The van der Waals surface area contributed by atoms with E-state index in [0.29, 0.717) is 34.5 Å². The van der Waals surface area contributed by atoms with Crippen LogP contribution in [-0.4, -0.2) is 16.1 Å². The normalized spacial score (nSPS) is 10.5. The Kier molecular flexibility index (Phi) is 6.68. The van der Waals surface area contributed by atoms with Crippen LogP contribution in [0.2, 0.25) is 5.02 Å². The molecule has 0 bridgehead atoms. The third-order valence-electron chi connectivity index (χ3n) is 4.78. The number of carbonyl (C=O) groups is 1. The van der Waals surface area contributed by atoms with Crippen molar-refractivity contribution in [2.45, 2.75) is 13.2 Å². The predicted molar refractivity (Wildman–Crippen MR) is 123 cm³/mol. The van der Waals surface area contributed by atoms with Crippen LogP contribution < -0.4 is 9.47 Å². The van der Waals surface area contributed by atoms with E-state index in [1.807, 2.05) is 54.6 Å². The molecular formula is C26H20ClNO4. The van der Waals surface area contributed by atoms with Gasteiger partial charge in [0.25, 0.3) is 0 Å². The first-order chi connectivity index (χ1) is 15.6. The molecule has 0 aliphatic rings. The van der Waals surface area contributed by atoms with Gasteiger partial charge in [0.1, 0.15) is 24.7 Å². The number of hydrogen-bond acceptors (Lipinski definition) is 4. The molecule has 0 radical (unpaired) electrons. The van der Waals surface area contributed by atoms with Gasteiger partial charge in [-0.2, -0.15) is 0 Å². The summed E-state index contributed by atoms with van der Waals surface area (Å²) in [5.41, 5.74) is 2.81. The number of aromatic nitrogens is 1. The molecule has 6 heteroatoms. The summed E-state index contributed by atoms with van der Waals surface area (Å²) in [6.45, 7) is 0.401. The van der Waals surface area contributed by atoms with Crippen LogP contribution in [0.25, 0.3) is 11.3 Å². The Bertz CT molecular complexity index is 1230. The first kappa shape index (κ1) is 21.4. The molecular weight excluding hydrogens is 426 g/mol. The van der Waals surface area contributed by atoms with Crippen LogP contribution in [0.5, 0.6) is 11.5 Å². The van der Waals surface area contributed by atoms with E-state index >= 15 is 0 Å². The Labute approximate surface area is 190 Å². The lowest BCUT2D eigenvalue weighted by Gasteiger charge is -2.14. The van der Waals surface area contributed by atoms with Gasteiger partial charge >= 0.3 is 5.97 Å². The molecule has 1 heterocycles. The average molecular weight is 446 g/mol. The Morgan fingerprint density at radius 3 is 2.41 bits per heavy atom. The topological polar surface area (TPSA) is 68.7 Å². The largest absolute Gasteiger partial charge is 0.488 e. The number of ether oxygens (including phenoxy) is 2. The number of halogens is 1. The first-order valence-electron chi connectivity index (χ1n) is 9.98. The number of pyridine rings is 1. The molecule has 1 aromatic heterocycles. The van der Waals surface area contributed by atoms with E-state index in [9.17, 15) is 9.90 Å². The summed E-state index contributed by atoms with van der Waals surface area (Å²) in [5.74, 6) is 0.128. The first-order valence-corrected chi connectivity index (χ1v) is 10.4. The maximum Gasteiger partial charge on any atom is 0.337 e. The molecule has 1 N–H and O–H groups in total. The van der Waals surface area contributed by atoms with Gasteiger partial charge in [-0.1, -0.05) is 60.1 Å². The van der Waals surface area contributed by atoms with E-state index in [4.69, 9.17) is 21.1 Å². The van der Waals surface area contributed by atoms with Crippen molar-refractivity contribution in [3.05, 3.63) is 113 Å². The van der Waals surface area contributed by atoms with Gasteiger partial charge < -0.3 is 14.6 Å². The molecule has 4 rings (SSSR count). The predicted octanol–water partition coefficient (Wildman–Crippen LogP) is 6.26. The van der Waals surface area contributed by atoms with Crippen LogP contribution in [0, 0.1) is 0 Å². The molecule has 0 amide bonds. The van der Waals surface area contributed by atoms with Gasteiger partial charge in [-0.25, -0.2) is 9.78 Å². The molecule has 0 unspecified atom stereocenters. The summed E-state index contributed by atoms with van der Waals surface area (Å²) >= 11 is 6.00. The smallest absolute Gasteiger partial charge is 0.337 e. The molecule has 0 saturated heterocycles. The monoisotopic (exact) mass is 445 g/mol. The fourth-order valence-corrected chi connectivity index (χ4v) is 3.38. The van der Waals surface area contributed by atoms with Gasteiger partial charge in [0.2, 0.25) is 0 Å². The Hall–Kier alpha value is -3.83. The van der Waals surface area contributed by atoms with E-state index in [1.54, 1.807) is 30.3 Å². The standard InChI is InChI=1S/C26H20ClNO4/c27-19-9-6-10-20(15-19)31-17-24-22(26(29)30)13-14-23(28-24)21-11-4-5-12-25(21)32-16-18-7-2-1-3-8-18/h1-15H,16-17H2,(H,29,30). The number of rotatable bonds is 8. The van der Waals surface area contributed by atoms with Crippen molar-refractivity contribution in [3.8, 4) is 22.8 Å². The molecule has 0 fully saturated rings. The fraction of sp³-hybridized carbons (Fsp3) is 0.0769. The van der Waals surface area contributed by atoms with Crippen molar-refractivity contribution < 1.29 is 19.4 Å². The minimum Gasteiger partial charge on any atom is -0.488 e. The van der Waals surface area contributed by atoms with Crippen molar-refractivity contribution >= 4 is 17.6 Å². The van der Waals surface area contributed by atoms with Gasteiger partial charge in [0.15, 0.2) is 0 Å². The maximum absolute atomic E-state index is 11.7. The zero-order valence-electron chi connectivity index (χ0n) is 17.1. The molecule has 4 aromatic rings.